The van der Waals surface area contributed by atoms with Crippen LogP contribution in [0, 0.1) is 5.41 Å². The van der Waals surface area contributed by atoms with E-state index in [0.29, 0.717) is 0 Å². The van der Waals surface area contributed by atoms with Gasteiger partial charge in [0.1, 0.15) is 0 Å². The molecular formula is C24H46ClN. The highest BCUT2D eigenvalue weighted by Gasteiger charge is 2.26. The summed E-state index contributed by atoms with van der Waals surface area (Å²) >= 11 is 0. The van der Waals surface area contributed by atoms with Crippen molar-refractivity contribution < 1.29 is 0 Å². The average Bonchev–Trinajstić information content (AvgIpc) is 2.59. The zero-order chi connectivity index (χ0) is 17.7. The van der Waals surface area contributed by atoms with Crippen LogP contribution in [0.25, 0.3) is 0 Å². The molecule has 1 atom stereocenters. The Morgan fingerprint density at radius 2 is 1.19 bits per heavy atom. The summed E-state index contributed by atoms with van der Waals surface area (Å²) in [5.41, 5.74) is 7.95. The third-order valence-electron chi connectivity index (χ3n) is 5.43. The Bertz CT molecular complexity index is 402. The molecule has 26 heavy (non-hydrogen) atoms. The van der Waals surface area contributed by atoms with Crippen LogP contribution in [0.2, 0.25) is 0 Å². The highest BCUT2D eigenvalue weighted by atomic mass is 35.5. The van der Waals surface area contributed by atoms with Crippen LogP contribution in [0.15, 0.2) is 30.3 Å². The van der Waals surface area contributed by atoms with E-state index in [1.807, 2.05) is 0 Å². The first-order valence-electron chi connectivity index (χ1n) is 10.4. The molecule has 0 spiro atoms. The van der Waals surface area contributed by atoms with Gasteiger partial charge in [0.25, 0.3) is 0 Å². The van der Waals surface area contributed by atoms with Gasteiger partial charge >= 0.3 is 0 Å². The first-order chi connectivity index (χ1) is 11.6. The molecule has 0 amide bonds. The largest absolute Gasteiger partial charge is 0.324 e. The van der Waals surface area contributed by atoms with Crippen LogP contribution in [0.1, 0.15) is 117 Å². The van der Waals surface area contributed by atoms with Crippen molar-refractivity contribution in [3.8, 4) is 0 Å². The molecule has 0 fully saturated rings. The Morgan fingerprint density at radius 1 is 0.769 bits per heavy atom. The fraction of sp³-hybridized carbons (Fsp3) is 0.750. The van der Waals surface area contributed by atoms with Gasteiger partial charge in [-0.05, 0) is 17.4 Å². The van der Waals surface area contributed by atoms with E-state index in [0.717, 1.165) is 0 Å². The van der Waals surface area contributed by atoms with Gasteiger partial charge < -0.3 is 5.73 Å². The Morgan fingerprint density at radius 3 is 1.65 bits per heavy atom. The van der Waals surface area contributed by atoms with Gasteiger partial charge in [0.05, 0.1) is 0 Å². The van der Waals surface area contributed by atoms with Crippen LogP contribution in [0.4, 0.5) is 0 Å². The van der Waals surface area contributed by atoms with E-state index in [-0.39, 0.29) is 31.3 Å². The maximum absolute atomic E-state index is 6.50. The normalized spacial score (nSPS) is 12.2. The van der Waals surface area contributed by atoms with Crippen LogP contribution >= 0.6 is 12.4 Å². The molecule has 0 aliphatic rings. The Balaban J connectivity index is 0. The number of nitrogens with two attached hydrogens (primary N) is 1. The lowest BCUT2D eigenvalue weighted by Crippen LogP contribution is -2.29. The maximum atomic E-state index is 6.50. The summed E-state index contributed by atoms with van der Waals surface area (Å²) in [6, 6.07) is 10.7. The molecule has 0 saturated heterocycles. The summed E-state index contributed by atoms with van der Waals surface area (Å²) in [4.78, 5) is 0. The van der Waals surface area contributed by atoms with Gasteiger partial charge in [0, 0.05) is 6.04 Å². The zero-order valence-electron chi connectivity index (χ0n) is 16.9. The van der Waals surface area contributed by atoms with Crippen LogP contribution in [-0.4, -0.2) is 0 Å². The van der Waals surface area contributed by atoms with E-state index in [9.17, 15) is 0 Å². The molecule has 1 aromatic carbocycles. The Hall–Kier alpha value is -0.530. The van der Waals surface area contributed by atoms with E-state index < -0.39 is 0 Å². The molecule has 1 nitrogen and oxygen atoms in total. The van der Waals surface area contributed by atoms with E-state index in [4.69, 9.17) is 5.73 Å². The first-order valence-corrected chi connectivity index (χ1v) is 10.4. The van der Waals surface area contributed by atoms with Crippen LogP contribution in [0.3, 0.4) is 0 Å². The quantitative estimate of drug-likeness (QED) is 0.320. The number of halogens is 1. The summed E-state index contributed by atoms with van der Waals surface area (Å²) in [5, 5.41) is 0. The predicted octanol–water partition coefficient (Wildman–Crippen LogP) is 8.47. The van der Waals surface area contributed by atoms with Crippen LogP contribution in [-0.2, 0) is 0 Å². The predicted molar refractivity (Wildman–Crippen MR) is 122 cm³/mol. The minimum atomic E-state index is 0. The molecule has 2 heteroatoms. The molecule has 2 N–H and O–H groups in total. The lowest BCUT2D eigenvalue weighted by molar-refractivity contribution is 0.255. The first kappa shape index (κ1) is 27.7. The van der Waals surface area contributed by atoms with E-state index >= 15 is 0 Å². The molecule has 0 bridgehead atoms. The van der Waals surface area contributed by atoms with Gasteiger partial charge in [0.15, 0.2) is 0 Å². The zero-order valence-corrected chi connectivity index (χ0v) is 17.8. The van der Waals surface area contributed by atoms with Crippen molar-refractivity contribution in [2.24, 2.45) is 11.1 Å². The Kier molecular flexibility index (Phi) is 17.7. The molecule has 1 aromatic rings. The smallest absolute Gasteiger partial charge is 0.0346 e. The van der Waals surface area contributed by atoms with Crippen molar-refractivity contribution in [1.29, 1.82) is 0 Å². The van der Waals surface area contributed by atoms with Crippen molar-refractivity contribution in [2.75, 3.05) is 0 Å². The lowest BCUT2D eigenvalue weighted by Gasteiger charge is -2.32. The van der Waals surface area contributed by atoms with Crippen molar-refractivity contribution in [2.45, 2.75) is 111 Å². The third-order valence-corrected chi connectivity index (χ3v) is 5.43. The van der Waals surface area contributed by atoms with Gasteiger partial charge in [-0.2, -0.15) is 0 Å². The SMILES string of the molecule is C.CCCCCCCCCCCCCC(C)(C)C(N)c1ccccc1.Cl. The molecule has 154 valence electrons. The number of unbranched alkanes of at least 4 members (excludes halogenated alkanes) is 10. The lowest BCUT2D eigenvalue weighted by atomic mass is 9.77. The second-order valence-electron chi connectivity index (χ2n) is 8.16. The summed E-state index contributed by atoms with van der Waals surface area (Å²) < 4.78 is 0. The molecule has 0 radical (unpaired) electrons. The monoisotopic (exact) mass is 383 g/mol. The van der Waals surface area contributed by atoms with Crippen molar-refractivity contribution >= 4 is 12.4 Å². The average molecular weight is 384 g/mol. The number of hydrogen-bond donors (Lipinski definition) is 1. The number of rotatable bonds is 14. The molecule has 0 aromatic heterocycles. The molecule has 0 saturated carbocycles. The second-order valence-corrected chi connectivity index (χ2v) is 8.16. The summed E-state index contributed by atoms with van der Waals surface area (Å²) in [6.07, 6.45) is 16.7. The topological polar surface area (TPSA) is 26.0 Å². The minimum Gasteiger partial charge on any atom is -0.324 e. The fourth-order valence-corrected chi connectivity index (χ4v) is 3.51. The van der Waals surface area contributed by atoms with Crippen LogP contribution < -0.4 is 5.73 Å². The van der Waals surface area contributed by atoms with Gasteiger partial charge in [0.2, 0.25) is 0 Å². The van der Waals surface area contributed by atoms with Crippen LogP contribution in [0.5, 0.6) is 0 Å². The van der Waals surface area contributed by atoms with Crippen molar-refractivity contribution in [1.82, 2.24) is 0 Å². The molecule has 1 unspecified atom stereocenters. The van der Waals surface area contributed by atoms with E-state index in [2.05, 4.69) is 51.1 Å². The molecule has 1 rings (SSSR count). The highest BCUT2D eigenvalue weighted by molar-refractivity contribution is 5.85. The Labute approximate surface area is 170 Å². The minimum absolute atomic E-state index is 0. The van der Waals surface area contributed by atoms with Crippen molar-refractivity contribution in [3.63, 3.8) is 0 Å². The second kappa shape index (κ2) is 16.6. The molecular weight excluding hydrogens is 338 g/mol. The molecule has 0 heterocycles. The van der Waals surface area contributed by atoms with E-state index in [1.54, 1.807) is 0 Å². The van der Waals surface area contributed by atoms with Gasteiger partial charge in [-0.25, -0.2) is 0 Å². The summed E-state index contributed by atoms with van der Waals surface area (Å²) in [6.45, 7) is 6.93. The third kappa shape index (κ3) is 12.0. The maximum Gasteiger partial charge on any atom is 0.0346 e. The fourth-order valence-electron chi connectivity index (χ4n) is 3.51. The van der Waals surface area contributed by atoms with Gasteiger partial charge in [-0.3, -0.25) is 0 Å². The molecule has 0 aliphatic heterocycles. The highest BCUT2D eigenvalue weighted by Crippen LogP contribution is 2.36. The van der Waals surface area contributed by atoms with Crippen molar-refractivity contribution in [3.05, 3.63) is 35.9 Å². The van der Waals surface area contributed by atoms with E-state index in [1.165, 1.54) is 82.6 Å². The standard InChI is InChI=1S/C23H41N.CH4.ClH/c1-4-5-6-7-8-9-10-11-12-13-17-20-23(2,3)22(24)21-18-15-14-16-19-21;;/h14-16,18-19,22H,4-13,17,20,24H2,1-3H3;1H4;1H. The molecule has 0 aliphatic carbocycles. The number of hydrogen-bond acceptors (Lipinski definition) is 1. The van der Waals surface area contributed by atoms with Gasteiger partial charge in [-0.1, -0.05) is 129 Å². The summed E-state index contributed by atoms with van der Waals surface area (Å²) in [7, 11) is 0. The number of benzene rings is 1. The summed E-state index contributed by atoms with van der Waals surface area (Å²) in [5.74, 6) is 0. The van der Waals surface area contributed by atoms with Gasteiger partial charge in [-0.15, -0.1) is 12.4 Å².